The van der Waals surface area contributed by atoms with E-state index in [0.29, 0.717) is 29.4 Å². The summed E-state index contributed by atoms with van der Waals surface area (Å²) < 4.78 is 10.7. The van der Waals surface area contributed by atoms with E-state index in [-0.39, 0.29) is 18.5 Å². The normalized spacial score (nSPS) is 12.3. The number of nitrogens with one attached hydrogen (secondary N) is 2. The van der Waals surface area contributed by atoms with Gasteiger partial charge in [0.15, 0.2) is 6.10 Å². The summed E-state index contributed by atoms with van der Waals surface area (Å²) >= 11 is 4.22. The molecule has 3 aromatic rings. The number of benzene rings is 2. The molecular weight excluding hydrogens is 464 g/mol. The van der Waals surface area contributed by atoms with Crippen LogP contribution in [0.25, 0.3) is 11.3 Å². The summed E-state index contributed by atoms with van der Waals surface area (Å²) in [6.07, 6.45) is -0.823. The first-order valence-electron chi connectivity index (χ1n) is 11.2. The third-order valence-corrected chi connectivity index (χ3v) is 5.66. The molecule has 1 amide bonds. The SMILES string of the molecule is COC(=O)c1cccc(CNC(=O)C(C)Oc2nc(-c3ccccc3)ccc2NCC(N)CS)c1. The summed E-state index contributed by atoms with van der Waals surface area (Å²) in [5.41, 5.74) is 9.44. The van der Waals surface area contributed by atoms with Gasteiger partial charge >= 0.3 is 5.97 Å². The monoisotopic (exact) mass is 494 g/mol. The van der Waals surface area contributed by atoms with Crippen molar-refractivity contribution in [3.63, 3.8) is 0 Å². The molecule has 0 aliphatic heterocycles. The Hall–Kier alpha value is -3.56. The minimum absolute atomic E-state index is 0.151. The molecule has 4 N–H and O–H groups in total. The van der Waals surface area contributed by atoms with Crippen LogP contribution in [0.3, 0.4) is 0 Å². The van der Waals surface area contributed by atoms with E-state index in [4.69, 9.17) is 15.2 Å². The molecular formula is C26H30N4O4S. The zero-order valence-electron chi connectivity index (χ0n) is 19.7. The molecule has 8 nitrogen and oxygen atoms in total. The predicted octanol–water partition coefficient (Wildman–Crippen LogP) is 3.29. The van der Waals surface area contributed by atoms with Crippen molar-refractivity contribution in [2.75, 3.05) is 24.7 Å². The number of ether oxygens (including phenoxy) is 2. The summed E-state index contributed by atoms with van der Waals surface area (Å²) in [4.78, 5) is 29.2. The van der Waals surface area contributed by atoms with Crippen molar-refractivity contribution < 1.29 is 19.1 Å². The van der Waals surface area contributed by atoms with Gasteiger partial charge in [0.1, 0.15) is 0 Å². The number of anilines is 1. The highest BCUT2D eigenvalue weighted by atomic mass is 32.1. The van der Waals surface area contributed by atoms with Crippen LogP contribution < -0.4 is 21.1 Å². The van der Waals surface area contributed by atoms with E-state index >= 15 is 0 Å². The number of esters is 1. The number of nitrogens with two attached hydrogens (primary N) is 1. The summed E-state index contributed by atoms with van der Waals surface area (Å²) in [6, 6.07) is 20.2. The van der Waals surface area contributed by atoms with Crippen LogP contribution in [0.1, 0.15) is 22.8 Å². The third-order valence-electron chi connectivity index (χ3n) is 5.19. The molecule has 9 heteroatoms. The zero-order valence-corrected chi connectivity index (χ0v) is 20.6. The van der Waals surface area contributed by atoms with Crippen LogP contribution in [0, 0.1) is 0 Å². The van der Waals surface area contributed by atoms with Crippen LogP contribution in [0.5, 0.6) is 5.88 Å². The number of amides is 1. The van der Waals surface area contributed by atoms with Crippen molar-refractivity contribution in [2.45, 2.75) is 25.6 Å². The minimum atomic E-state index is -0.823. The summed E-state index contributed by atoms with van der Waals surface area (Å²) in [5.74, 6) is 0.0673. The molecule has 0 aliphatic carbocycles. The fourth-order valence-electron chi connectivity index (χ4n) is 3.22. The first kappa shape index (κ1) is 26.1. The molecule has 1 heterocycles. The second kappa shape index (κ2) is 12.8. The van der Waals surface area contributed by atoms with Crippen molar-refractivity contribution in [2.24, 2.45) is 5.73 Å². The van der Waals surface area contributed by atoms with Crippen molar-refractivity contribution in [3.05, 3.63) is 77.9 Å². The van der Waals surface area contributed by atoms with Crippen molar-refractivity contribution in [1.82, 2.24) is 10.3 Å². The molecule has 2 aromatic carbocycles. The van der Waals surface area contributed by atoms with E-state index in [1.807, 2.05) is 48.5 Å². The van der Waals surface area contributed by atoms with E-state index < -0.39 is 12.1 Å². The van der Waals surface area contributed by atoms with Crippen molar-refractivity contribution in [3.8, 4) is 17.1 Å². The quantitative estimate of drug-likeness (QED) is 0.239. The Kier molecular flexibility index (Phi) is 9.51. The van der Waals surface area contributed by atoms with Crippen LogP contribution in [0.2, 0.25) is 0 Å². The van der Waals surface area contributed by atoms with Crippen molar-refractivity contribution >= 4 is 30.2 Å². The van der Waals surface area contributed by atoms with E-state index in [0.717, 1.165) is 16.8 Å². The van der Waals surface area contributed by atoms with Crippen LogP contribution in [-0.2, 0) is 16.1 Å². The predicted molar refractivity (Wildman–Crippen MR) is 140 cm³/mol. The maximum absolute atomic E-state index is 12.8. The highest BCUT2D eigenvalue weighted by Crippen LogP contribution is 2.28. The lowest BCUT2D eigenvalue weighted by atomic mass is 10.1. The van der Waals surface area contributed by atoms with Gasteiger partial charge in [-0.3, -0.25) is 4.79 Å². The molecule has 184 valence electrons. The highest BCUT2D eigenvalue weighted by molar-refractivity contribution is 7.80. The summed E-state index contributed by atoms with van der Waals surface area (Å²) in [6.45, 7) is 2.36. The number of hydrogen-bond acceptors (Lipinski definition) is 8. The molecule has 0 bridgehead atoms. The lowest BCUT2D eigenvalue weighted by Gasteiger charge is -2.19. The lowest BCUT2D eigenvalue weighted by Crippen LogP contribution is -2.36. The Balaban J connectivity index is 1.72. The average molecular weight is 495 g/mol. The molecule has 2 unspecified atom stereocenters. The second-order valence-corrected chi connectivity index (χ2v) is 8.27. The van der Waals surface area contributed by atoms with Gasteiger partial charge in [-0.25, -0.2) is 9.78 Å². The average Bonchev–Trinajstić information content (AvgIpc) is 2.90. The van der Waals surface area contributed by atoms with Gasteiger partial charge in [-0.2, -0.15) is 12.6 Å². The molecule has 35 heavy (non-hydrogen) atoms. The number of aromatic nitrogens is 1. The smallest absolute Gasteiger partial charge is 0.337 e. The van der Waals surface area contributed by atoms with Crippen LogP contribution in [0.4, 0.5) is 5.69 Å². The number of methoxy groups -OCH3 is 1. The molecule has 3 rings (SSSR count). The number of pyridine rings is 1. The number of hydrogen-bond donors (Lipinski definition) is 4. The van der Waals surface area contributed by atoms with Crippen LogP contribution in [-0.4, -0.2) is 48.4 Å². The first-order chi connectivity index (χ1) is 16.9. The Morgan fingerprint density at radius 1 is 1.09 bits per heavy atom. The molecule has 0 fully saturated rings. The maximum Gasteiger partial charge on any atom is 0.337 e. The number of thiol groups is 1. The topological polar surface area (TPSA) is 116 Å². The molecule has 0 saturated carbocycles. The van der Waals surface area contributed by atoms with Gasteiger partial charge in [-0.05, 0) is 36.8 Å². The van der Waals surface area contributed by atoms with E-state index in [2.05, 4.69) is 28.2 Å². The standard InChI is InChI=1S/C26H30N4O4S/c1-17(24(31)29-14-18-7-6-10-20(13-18)26(32)33-2)34-25-23(28-15-21(27)16-35)12-11-22(30-25)19-8-4-3-5-9-19/h3-13,17,21,28,35H,14-16,27H2,1-2H3,(H,29,31). The molecule has 0 spiro atoms. The second-order valence-electron chi connectivity index (χ2n) is 7.91. The first-order valence-corrected chi connectivity index (χ1v) is 11.8. The number of rotatable bonds is 11. The van der Waals surface area contributed by atoms with Gasteiger partial charge in [0.2, 0.25) is 5.88 Å². The molecule has 0 radical (unpaired) electrons. The van der Waals surface area contributed by atoms with Crippen LogP contribution in [0.15, 0.2) is 66.7 Å². The highest BCUT2D eigenvalue weighted by Gasteiger charge is 2.19. The van der Waals surface area contributed by atoms with Gasteiger partial charge in [0.25, 0.3) is 5.91 Å². The summed E-state index contributed by atoms with van der Waals surface area (Å²) in [5, 5.41) is 6.06. The molecule has 0 aliphatic rings. The van der Waals surface area contributed by atoms with E-state index in [1.54, 1.807) is 25.1 Å². The van der Waals surface area contributed by atoms with Crippen molar-refractivity contribution in [1.29, 1.82) is 0 Å². The Morgan fingerprint density at radius 3 is 2.57 bits per heavy atom. The molecule has 2 atom stereocenters. The molecule has 0 saturated heterocycles. The summed E-state index contributed by atoms with van der Waals surface area (Å²) in [7, 11) is 1.33. The molecule has 1 aromatic heterocycles. The van der Waals surface area contributed by atoms with Gasteiger partial charge < -0.3 is 25.8 Å². The van der Waals surface area contributed by atoms with Gasteiger partial charge in [-0.15, -0.1) is 0 Å². The number of carbonyl (C=O) groups is 2. The minimum Gasteiger partial charge on any atom is -0.465 e. The van der Waals surface area contributed by atoms with E-state index in [9.17, 15) is 9.59 Å². The lowest BCUT2D eigenvalue weighted by molar-refractivity contribution is -0.127. The van der Waals surface area contributed by atoms with Gasteiger partial charge in [0, 0.05) is 30.4 Å². The maximum atomic E-state index is 12.8. The van der Waals surface area contributed by atoms with Gasteiger partial charge in [-0.1, -0.05) is 42.5 Å². The largest absolute Gasteiger partial charge is 0.465 e. The third kappa shape index (κ3) is 7.46. The van der Waals surface area contributed by atoms with Gasteiger partial charge in [0.05, 0.1) is 24.1 Å². The Bertz CT molecular complexity index is 1140. The number of carbonyl (C=O) groups excluding carboxylic acids is 2. The van der Waals surface area contributed by atoms with Crippen LogP contribution >= 0.6 is 12.6 Å². The fourth-order valence-corrected chi connectivity index (χ4v) is 3.35. The fraction of sp³-hybridized carbons (Fsp3) is 0.269. The zero-order chi connectivity index (χ0) is 25.2. The Labute approximate surface area is 210 Å². The Morgan fingerprint density at radius 2 is 1.86 bits per heavy atom. The van der Waals surface area contributed by atoms with E-state index in [1.165, 1.54) is 7.11 Å². The number of nitrogens with zero attached hydrogens (tertiary/aromatic N) is 1.